The van der Waals surface area contributed by atoms with Crippen LogP contribution in [0.4, 0.5) is 0 Å². The summed E-state index contributed by atoms with van der Waals surface area (Å²) >= 11 is 0. The maximum Gasteiger partial charge on any atom is 0.0540 e. The van der Waals surface area contributed by atoms with Crippen LogP contribution < -0.4 is 0 Å². The maximum absolute atomic E-state index is 9.66. The van der Waals surface area contributed by atoms with Gasteiger partial charge in [-0.05, 0) is 19.3 Å². The summed E-state index contributed by atoms with van der Waals surface area (Å²) < 4.78 is 0. The van der Waals surface area contributed by atoms with Crippen molar-refractivity contribution in [3.8, 4) is 0 Å². The Kier molecular flexibility index (Phi) is 11.9. The maximum atomic E-state index is 9.66. The van der Waals surface area contributed by atoms with E-state index in [1.54, 1.807) is 0 Å². The predicted octanol–water partition coefficient (Wildman–Crippen LogP) is 3.26. The van der Waals surface area contributed by atoms with Gasteiger partial charge in [-0.25, -0.2) is 0 Å². The molecule has 0 aromatic heterocycles. The summed E-state index contributed by atoms with van der Waals surface area (Å²) in [5.74, 6) is 0. The lowest BCUT2D eigenvalue weighted by Crippen LogP contribution is -2.05. The van der Waals surface area contributed by atoms with Crippen LogP contribution >= 0.6 is 0 Å². The molecule has 0 amide bonds. The predicted molar refractivity (Wildman–Crippen MR) is 64.9 cm³/mol. The summed E-state index contributed by atoms with van der Waals surface area (Å²) in [4.78, 5) is 0. The Hall–Kier alpha value is -0.0800. The highest BCUT2D eigenvalue weighted by Crippen LogP contribution is 2.11. The van der Waals surface area contributed by atoms with Gasteiger partial charge in [-0.3, -0.25) is 0 Å². The second-order valence-electron chi connectivity index (χ2n) is 4.43. The van der Waals surface area contributed by atoms with Crippen molar-refractivity contribution in [2.45, 2.75) is 77.2 Å². The molecule has 0 aliphatic carbocycles. The fourth-order valence-corrected chi connectivity index (χ4v) is 1.80. The Labute approximate surface area is 94.7 Å². The smallest absolute Gasteiger partial charge is 0.0540 e. The molecular formula is C13H28O2. The highest BCUT2D eigenvalue weighted by atomic mass is 16.3. The van der Waals surface area contributed by atoms with E-state index in [4.69, 9.17) is 5.11 Å². The third-order valence-corrected chi connectivity index (χ3v) is 2.84. The molecule has 0 radical (unpaired) electrons. The third-order valence-electron chi connectivity index (χ3n) is 2.84. The van der Waals surface area contributed by atoms with Crippen molar-refractivity contribution in [2.75, 3.05) is 6.61 Å². The minimum Gasteiger partial charge on any atom is -0.396 e. The minimum atomic E-state index is -0.0871. The molecule has 0 bridgehead atoms. The molecule has 2 N–H and O–H groups in total. The normalized spacial score (nSPS) is 13.0. The summed E-state index contributed by atoms with van der Waals surface area (Å²) in [5.41, 5.74) is 0. The Morgan fingerprint density at radius 2 is 1.33 bits per heavy atom. The van der Waals surface area contributed by atoms with Gasteiger partial charge in [0, 0.05) is 6.61 Å². The van der Waals surface area contributed by atoms with E-state index in [1.807, 2.05) is 0 Å². The van der Waals surface area contributed by atoms with Crippen LogP contribution in [0, 0.1) is 0 Å². The zero-order valence-electron chi connectivity index (χ0n) is 10.2. The molecule has 2 nitrogen and oxygen atoms in total. The molecule has 1 unspecified atom stereocenters. The van der Waals surface area contributed by atoms with Gasteiger partial charge in [-0.2, -0.15) is 0 Å². The van der Waals surface area contributed by atoms with Crippen molar-refractivity contribution in [1.82, 2.24) is 0 Å². The molecule has 92 valence electrons. The summed E-state index contributed by atoms with van der Waals surface area (Å²) in [5, 5.41) is 18.2. The Morgan fingerprint density at radius 1 is 0.800 bits per heavy atom. The minimum absolute atomic E-state index is 0.0871. The lowest BCUT2D eigenvalue weighted by Gasteiger charge is -2.09. The zero-order chi connectivity index (χ0) is 11.4. The Morgan fingerprint density at radius 3 is 1.87 bits per heavy atom. The first-order valence-electron chi connectivity index (χ1n) is 6.60. The van der Waals surface area contributed by atoms with Crippen LogP contribution in [0.15, 0.2) is 0 Å². The molecule has 0 aromatic carbocycles. The molecule has 0 heterocycles. The van der Waals surface area contributed by atoms with Crippen LogP contribution in [-0.4, -0.2) is 22.9 Å². The van der Waals surface area contributed by atoms with Crippen molar-refractivity contribution in [2.24, 2.45) is 0 Å². The van der Waals surface area contributed by atoms with E-state index in [0.29, 0.717) is 6.61 Å². The van der Waals surface area contributed by atoms with Crippen LogP contribution in [0.1, 0.15) is 71.1 Å². The first-order chi connectivity index (χ1) is 7.31. The standard InChI is InChI=1S/C13H28O2/c1-2-3-4-7-10-13(15)11-8-5-6-9-12-14/h13-15H,2-12H2,1H3. The van der Waals surface area contributed by atoms with Crippen molar-refractivity contribution in [1.29, 1.82) is 0 Å². The highest BCUT2D eigenvalue weighted by Gasteiger charge is 2.02. The lowest BCUT2D eigenvalue weighted by atomic mass is 10.0. The molecule has 0 spiro atoms. The first kappa shape index (κ1) is 14.9. The molecule has 1 atom stereocenters. The van der Waals surface area contributed by atoms with Gasteiger partial charge in [0.1, 0.15) is 0 Å². The van der Waals surface area contributed by atoms with Crippen molar-refractivity contribution < 1.29 is 10.2 Å². The van der Waals surface area contributed by atoms with Gasteiger partial charge in [0.05, 0.1) is 6.10 Å². The van der Waals surface area contributed by atoms with Gasteiger partial charge in [0.25, 0.3) is 0 Å². The van der Waals surface area contributed by atoms with E-state index < -0.39 is 0 Å². The molecule has 0 aromatic rings. The third kappa shape index (κ3) is 11.8. The highest BCUT2D eigenvalue weighted by molar-refractivity contribution is 4.56. The molecule has 0 saturated carbocycles. The number of unbranched alkanes of at least 4 members (excludes halogenated alkanes) is 6. The first-order valence-corrected chi connectivity index (χ1v) is 6.60. The van der Waals surface area contributed by atoms with Crippen molar-refractivity contribution in [3.05, 3.63) is 0 Å². The average molecular weight is 216 g/mol. The van der Waals surface area contributed by atoms with Gasteiger partial charge in [0.15, 0.2) is 0 Å². The van der Waals surface area contributed by atoms with E-state index in [9.17, 15) is 5.11 Å². The van der Waals surface area contributed by atoms with Gasteiger partial charge in [-0.15, -0.1) is 0 Å². The van der Waals surface area contributed by atoms with Crippen LogP contribution in [0.2, 0.25) is 0 Å². The molecule has 0 aliphatic heterocycles. The van der Waals surface area contributed by atoms with Crippen molar-refractivity contribution in [3.63, 3.8) is 0 Å². The molecule has 0 fully saturated rings. The summed E-state index contributed by atoms with van der Waals surface area (Å²) in [6.07, 6.45) is 11.1. The Balaban J connectivity index is 3.08. The van der Waals surface area contributed by atoms with E-state index in [-0.39, 0.29) is 6.10 Å². The van der Waals surface area contributed by atoms with E-state index >= 15 is 0 Å². The number of aliphatic hydroxyl groups is 2. The van der Waals surface area contributed by atoms with Crippen LogP contribution in [-0.2, 0) is 0 Å². The summed E-state index contributed by atoms with van der Waals surface area (Å²) in [7, 11) is 0. The molecule has 15 heavy (non-hydrogen) atoms. The fraction of sp³-hybridized carbons (Fsp3) is 1.00. The van der Waals surface area contributed by atoms with Gasteiger partial charge < -0.3 is 10.2 Å². The van der Waals surface area contributed by atoms with Crippen LogP contribution in [0.25, 0.3) is 0 Å². The van der Waals surface area contributed by atoms with E-state index in [2.05, 4.69) is 6.92 Å². The van der Waals surface area contributed by atoms with Crippen LogP contribution in [0.5, 0.6) is 0 Å². The van der Waals surface area contributed by atoms with Gasteiger partial charge >= 0.3 is 0 Å². The van der Waals surface area contributed by atoms with Gasteiger partial charge in [-0.1, -0.05) is 51.9 Å². The second-order valence-corrected chi connectivity index (χ2v) is 4.43. The largest absolute Gasteiger partial charge is 0.396 e. The number of aliphatic hydroxyl groups excluding tert-OH is 2. The quantitative estimate of drug-likeness (QED) is 0.520. The summed E-state index contributed by atoms with van der Waals surface area (Å²) in [6, 6.07) is 0. The fourth-order valence-electron chi connectivity index (χ4n) is 1.80. The SMILES string of the molecule is CCCCCCC(O)CCCCCCO. The van der Waals surface area contributed by atoms with Crippen molar-refractivity contribution >= 4 is 0 Å². The number of hydrogen-bond donors (Lipinski definition) is 2. The topological polar surface area (TPSA) is 40.5 Å². The molecule has 0 saturated heterocycles. The average Bonchev–Trinajstić information content (AvgIpc) is 2.24. The van der Waals surface area contributed by atoms with E-state index in [1.165, 1.54) is 25.7 Å². The second kappa shape index (κ2) is 12.0. The number of rotatable bonds is 11. The number of hydrogen-bond acceptors (Lipinski definition) is 2. The molecular weight excluding hydrogens is 188 g/mol. The van der Waals surface area contributed by atoms with E-state index in [0.717, 1.165) is 38.5 Å². The monoisotopic (exact) mass is 216 g/mol. The van der Waals surface area contributed by atoms with Crippen LogP contribution in [0.3, 0.4) is 0 Å². The van der Waals surface area contributed by atoms with Gasteiger partial charge in [0.2, 0.25) is 0 Å². The lowest BCUT2D eigenvalue weighted by molar-refractivity contribution is 0.147. The Bertz CT molecular complexity index is 115. The molecule has 0 rings (SSSR count). The zero-order valence-corrected chi connectivity index (χ0v) is 10.2. The molecule has 0 aliphatic rings. The molecule has 2 heteroatoms. The summed E-state index contributed by atoms with van der Waals surface area (Å²) in [6.45, 7) is 2.51.